The summed E-state index contributed by atoms with van der Waals surface area (Å²) in [7, 11) is 0. The van der Waals surface area contributed by atoms with Gasteiger partial charge in [-0.1, -0.05) is 76.2 Å². The number of aromatic nitrogens is 3. The largest absolute Gasteiger partial charge is 0.456 e. The van der Waals surface area contributed by atoms with Crippen molar-refractivity contribution >= 4 is 43.9 Å². The molecule has 0 N–H and O–H groups in total. The molecule has 1 aliphatic rings. The van der Waals surface area contributed by atoms with Gasteiger partial charge in [0, 0.05) is 38.2 Å². The third-order valence-corrected chi connectivity index (χ3v) is 10.0. The molecule has 9 rings (SSSR count). The number of hydrogen-bond donors (Lipinski definition) is 0. The topological polar surface area (TPSA) is 65.0 Å². The lowest BCUT2D eigenvalue weighted by Gasteiger charge is -2.42. The van der Waals surface area contributed by atoms with E-state index in [-0.39, 0.29) is 10.8 Å². The molecule has 8 aromatic rings. The van der Waals surface area contributed by atoms with E-state index in [2.05, 4.69) is 70.2 Å². The standard InChI is InChI=1S/C41H33N3O2/c1-40(2)19-20-41(3,4)32-23-26(13-16-31(32)40)39-43-37(24-14-17-35-29(21-24)27-9-5-7-11-33(27)45-35)42-38(44-39)25-15-18-36-30(22-25)28-10-6-8-12-34(28)46-36/h5-18,21-23H,19-20H2,1-4H3. The number of para-hydroxylation sites is 2. The van der Waals surface area contributed by atoms with Crippen molar-refractivity contribution in [3.63, 3.8) is 0 Å². The van der Waals surface area contributed by atoms with Gasteiger partial charge in [0.2, 0.25) is 0 Å². The fraction of sp³-hybridized carbons (Fsp3) is 0.195. The number of rotatable bonds is 3. The zero-order valence-electron chi connectivity index (χ0n) is 26.4. The monoisotopic (exact) mass is 599 g/mol. The van der Waals surface area contributed by atoms with Crippen LogP contribution in [-0.2, 0) is 10.8 Å². The Bertz CT molecular complexity index is 2370. The lowest BCUT2D eigenvalue weighted by molar-refractivity contribution is 0.332. The Balaban J connectivity index is 1.27. The summed E-state index contributed by atoms with van der Waals surface area (Å²) < 4.78 is 12.2. The Kier molecular flexibility index (Phi) is 5.65. The first kappa shape index (κ1) is 27.1. The van der Waals surface area contributed by atoms with Crippen LogP contribution in [0.15, 0.2) is 112 Å². The summed E-state index contributed by atoms with van der Waals surface area (Å²) in [4.78, 5) is 15.4. The second-order valence-electron chi connectivity index (χ2n) is 14.0. The Labute approximate surface area is 266 Å². The first-order valence-electron chi connectivity index (χ1n) is 16.0. The van der Waals surface area contributed by atoms with Gasteiger partial charge >= 0.3 is 0 Å². The van der Waals surface area contributed by atoms with Gasteiger partial charge in [0.1, 0.15) is 22.3 Å². The zero-order valence-corrected chi connectivity index (χ0v) is 26.4. The minimum absolute atomic E-state index is 0.0697. The molecule has 0 aliphatic heterocycles. The highest BCUT2D eigenvalue weighted by Gasteiger charge is 2.37. The van der Waals surface area contributed by atoms with Crippen LogP contribution in [0, 0.1) is 0 Å². The molecule has 46 heavy (non-hydrogen) atoms. The highest BCUT2D eigenvalue weighted by molar-refractivity contribution is 6.07. The molecule has 3 heterocycles. The predicted octanol–water partition coefficient (Wildman–Crippen LogP) is 11.0. The van der Waals surface area contributed by atoms with E-state index in [4.69, 9.17) is 23.8 Å². The summed E-state index contributed by atoms with van der Waals surface area (Å²) in [5.41, 5.74) is 9.24. The molecule has 0 fully saturated rings. The normalized spacial score (nSPS) is 15.6. The van der Waals surface area contributed by atoms with Crippen molar-refractivity contribution < 1.29 is 8.83 Å². The maximum Gasteiger partial charge on any atom is 0.164 e. The minimum Gasteiger partial charge on any atom is -0.456 e. The van der Waals surface area contributed by atoms with Gasteiger partial charge in [0.15, 0.2) is 17.5 Å². The molecule has 5 heteroatoms. The first-order valence-corrected chi connectivity index (χ1v) is 16.0. The average molecular weight is 600 g/mol. The van der Waals surface area contributed by atoms with E-state index in [0.717, 1.165) is 67.0 Å². The van der Waals surface area contributed by atoms with Crippen LogP contribution >= 0.6 is 0 Å². The van der Waals surface area contributed by atoms with E-state index < -0.39 is 0 Å². The second kappa shape index (κ2) is 9.60. The molecule has 1 aliphatic carbocycles. The van der Waals surface area contributed by atoms with Gasteiger partial charge in [-0.15, -0.1) is 0 Å². The van der Waals surface area contributed by atoms with Crippen molar-refractivity contribution in [1.82, 2.24) is 15.0 Å². The fourth-order valence-electron chi connectivity index (χ4n) is 7.22. The summed E-state index contributed by atoms with van der Waals surface area (Å²) in [5, 5.41) is 4.23. The van der Waals surface area contributed by atoms with Gasteiger partial charge in [-0.3, -0.25) is 0 Å². The zero-order chi connectivity index (χ0) is 31.2. The van der Waals surface area contributed by atoms with Crippen LogP contribution < -0.4 is 0 Å². The van der Waals surface area contributed by atoms with E-state index >= 15 is 0 Å². The third kappa shape index (κ3) is 4.18. The quantitative estimate of drug-likeness (QED) is 0.202. The molecule has 0 radical (unpaired) electrons. The van der Waals surface area contributed by atoms with Crippen LogP contribution in [0.1, 0.15) is 51.7 Å². The van der Waals surface area contributed by atoms with Gasteiger partial charge in [-0.2, -0.15) is 0 Å². The van der Waals surface area contributed by atoms with Crippen LogP contribution in [0.2, 0.25) is 0 Å². The van der Waals surface area contributed by atoms with Gasteiger partial charge in [-0.25, -0.2) is 15.0 Å². The van der Waals surface area contributed by atoms with E-state index in [0.29, 0.717) is 17.5 Å². The van der Waals surface area contributed by atoms with Crippen LogP contribution in [0.25, 0.3) is 78.0 Å². The van der Waals surface area contributed by atoms with Crippen molar-refractivity contribution in [1.29, 1.82) is 0 Å². The van der Waals surface area contributed by atoms with E-state index in [9.17, 15) is 0 Å². The second-order valence-corrected chi connectivity index (χ2v) is 14.0. The van der Waals surface area contributed by atoms with Gasteiger partial charge < -0.3 is 8.83 Å². The molecule has 0 spiro atoms. The molecule has 0 unspecified atom stereocenters. The Hall–Kier alpha value is -5.29. The number of benzene rings is 5. The number of hydrogen-bond acceptors (Lipinski definition) is 5. The first-order chi connectivity index (χ1) is 22.2. The SMILES string of the molecule is CC1(C)CCC(C)(C)c2cc(-c3nc(-c4ccc5oc6ccccc6c5c4)nc(-c4ccc5oc6ccccc6c5c4)n3)ccc21. The third-order valence-electron chi connectivity index (χ3n) is 10.0. The molecular formula is C41H33N3O2. The number of fused-ring (bicyclic) bond motifs is 7. The van der Waals surface area contributed by atoms with Crippen molar-refractivity contribution in [2.45, 2.75) is 51.4 Å². The smallest absolute Gasteiger partial charge is 0.164 e. The van der Waals surface area contributed by atoms with Gasteiger partial charge in [0.05, 0.1) is 0 Å². The number of furan rings is 2. The molecule has 0 saturated carbocycles. The molecular weight excluding hydrogens is 566 g/mol. The maximum absolute atomic E-state index is 6.12. The molecule has 3 aromatic heterocycles. The fourth-order valence-corrected chi connectivity index (χ4v) is 7.22. The van der Waals surface area contributed by atoms with Crippen molar-refractivity contribution in [2.75, 3.05) is 0 Å². The predicted molar refractivity (Wildman–Crippen MR) is 186 cm³/mol. The van der Waals surface area contributed by atoms with Gasteiger partial charge in [-0.05, 0) is 89.4 Å². The van der Waals surface area contributed by atoms with Crippen molar-refractivity contribution in [2.24, 2.45) is 0 Å². The summed E-state index contributed by atoms with van der Waals surface area (Å²) in [6, 6.07) is 35.4. The average Bonchev–Trinajstić information content (AvgIpc) is 3.64. The highest BCUT2D eigenvalue weighted by Crippen LogP contribution is 2.47. The summed E-state index contributed by atoms with van der Waals surface area (Å²) in [6.45, 7) is 9.41. The maximum atomic E-state index is 6.12. The molecule has 0 bridgehead atoms. The lowest BCUT2D eigenvalue weighted by Crippen LogP contribution is -2.33. The summed E-state index contributed by atoms with van der Waals surface area (Å²) in [5.74, 6) is 1.92. The van der Waals surface area contributed by atoms with E-state index in [1.807, 2.05) is 60.7 Å². The highest BCUT2D eigenvalue weighted by atomic mass is 16.3. The molecule has 0 atom stereocenters. The Morgan fingerprint density at radius 2 is 0.848 bits per heavy atom. The molecule has 0 amide bonds. The van der Waals surface area contributed by atoms with Gasteiger partial charge in [0.25, 0.3) is 0 Å². The van der Waals surface area contributed by atoms with Crippen molar-refractivity contribution in [3.8, 4) is 34.2 Å². The summed E-state index contributed by atoms with van der Waals surface area (Å²) in [6.07, 6.45) is 2.31. The van der Waals surface area contributed by atoms with E-state index in [1.54, 1.807) is 0 Å². The van der Waals surface area contributed by atoms with Crippen molar-refractivity contribution in [3.05, 3.63) is 114 Å². The van der Waals surface area contributed by atoms with Crippen LogP contribution in [-0.4, -0.2) is 15.0 Å². The summed E-state index contributed by atoms with van der Waals surface area (Å²) >= 11 is 0. The lowest BCUT2D eigenvalue weighted by atomic mass is 9.63. The Morgan fingerprint density at radius 1 is 0.435 bits per heavy atom. The Morgan fingerprint density at radius 3 is 1.37 bits per heavy atom. The molecule has 5 aromatic carbocycles. The van der Waals surface area contributed by atoms with Crippen LogP contribution in [0.3, 0.4) is 0 Å². The molecule has 0 saturated heterocycles. The number of nitrogens with zero attached hydrogens (tertiary/aromatic N) is 3. The van der Waals surface area contributed by atoms with Crippen LogP contribution in [0.5, 0.6) is 0 Å². The molecule has 224 valence electrons. The minimum atomic E-state index is 0.0697. The van der Waals surface area contributed by atoms with Crippen LogP contribution in [0.4, 0.5) is 0 Å². The molecule has 5 nitrogen and oxygen atoms in total. The van der Waals surface area contributed by atoms with E-state index in [1.165, 1.54) is 17.5 Å².